The van der Waals surface area contributed by atoms with Crippen LogP contribution in [0.15, 0.2) is 10.9 Å². The molecule has 5 heteroatoms. The van der Waals surface area contributed by atoms with E-state index in [1.165, 1.54) is 51.0 Å². The molecule has 0 radical (unpaired) electrons. The second kappa shape index (κ2) is 7.50. The first-order chi connectivity index (χ1) is 9.70. The Kier molecular flexibility index (Phi) is 5.96. The summed E-state index contributed by atoms with van der Waals surface area (Å²) < 4.78 is 0. The van der Waals surface area contributed by atoms with Gasteiger partial charge in [-0.2, -0.15) is 0 Å². The van der Waals surface area contributed by atoms with Crippen molar-refractivity contribution in [3.8, 4) is 0 Å². The van der Waals surface area contributed by atoms with E-state index in [-0.39, 0.29) is 5.54 Å². The van der Waals surface area contributed by atoms with E-state index in [9.17, 15) is 0 Å². The number of thiazole rings is 1. The molecule has 0 aromatic carbocycles. The summed E-state index contributed by atoms with van der Waals surface area (Å²) in [5, 5.41) is 2.14. The van der Waals surface area contributed by atoms with Gasteiger partial charge in [0.2, 0.25) is 0 Å². The van der Waals surface area contributed by atoms with Crippen molar-refractivity contribution in [3.63, 3.8) is 0 Å². The van der Waals surface area contributed by atoms with Gasteiger partial charge >= 0.3 is 0 Å². The van der Waals surface area contributed by atoms with Gasteiger partial charge in [0.1, 0.15) is 0 Å². The molecule has 2 heterocycles. The van der Waals surface area contributed by atoms with Crippen LogP contribution in [0.1, 0.15) is 38.3 Å². The number of rotatable bonds is 6. The number of nitrogens with zero attached hydrogens (tertiary/aromatic N) is 3. The van der Waals surface area contributed by atoms with Crippen LogP contribution in [0.25, 0.3) is 0 Å². The van der Waals surface area contributed by atoms with Crippen molar-refractivity contribution in [2.45, 2.75) is 44.7 Å². The van der Waals surface area contributed by atoms with Crippen LogP contribution in [0.5, 0.6) is 0 Å². The van der Waals surface area contributed by atoms with E-state index in [4.69, 9.17) is 5.73 Å². The predicted octanol–water partition coefficient (Wildman–Crippen LogP) is 2.17. The average Bonchev–Trinajstić information content (AvgIpc) is 2.86. The molecular weight excluding hydrogens is 268 g/mol. The normalized spacial score (nSPS) is 25.0. The molecule has 0 amide bonds. The van der Waals surface area contributed by atoms with E-state index in [1.807, 2.05) is 5.51 Å². The molecule has 20 heavy (non-hydrogen) atoms. The van der Waals surface area contributed by atoms with Gasteiger partial charge in [-0.15, -0.1) is 11.3 Å². The van der Waals surface area contributed by atoms with Crippen LogP contribution in [0, 0.1) is 0 Å². The van der Waals surface area contributed by atoms with Gasteiger partial charge in [0.15, 0.2) is 0 Å². The second-order valence-corrected chi connectivity index (χ2v) is 6.68. The molecule has 1 unspecified atom stereocenters. The monoisotopic (exact) mass is 296 g/mol. The Morgan fingerprint density at radius 3 is 2.95 bits per heavy atom. The lowest BCUT2D eigenvalue weighted by Crippen LogP contribution is -2.52. The third kappa shape index (κ3) is 3.79. The molecule has 114 valence electrons. The number of hydrogen-bond acceptors (Lipinski definition) is 5. The summed E-state index contributed by atoms with van der Waals surface area (Å²) >= 11 is 1.67. The Labute approximate surface area is 127 Å². The highest BCUT2D eigenvalue weighted by molar-refractivity contribution is 7.07. The van der Waals surface area contributed by atoms with Gasteiger partial charge in [0, 0.05) is 24.0 Å². The van der Waals surface area contributed by atoms with Gasteiger partial charge in [0.25, 0.3) is 0 Å². The highest BCUT2D eigenvalue weighted by atomic mass is 32.1. The van der Waals surface area contributed by atoms with Crippen molar-refractivity contribution in [3.05, 3.63) is 16.6 Å². The number of likely N-dealkylation sites (N-methyl/N-ethyl adjacent to an activating group) is 1. The smallest absolute Gasteiger partial charge is 0.0795 e. The Bertz CT molecular complexity index is 381. The first kappa shape index (κ1) is 15.9. The van der Waals surface area contributed by atoms with Gasteiger partial charge in [0.05, 0.1) is 11.2 Å². The van der Waals surface area contributed by atoms with Crippen molar-refractivity contribution in [2.75, 3.05) is 33.2 Å². The fourth-order valence-corrected chi connectivity index (χ4v) is 3.79. The zero-order valence-electron chi connectivity index (χ0n) is 12.8. The molecule has 0 aliphatic carbocycles. The summed E-state index contributed by atoms with van der Waals surface area (Å²) in [6, 6.07) is 0. The van der Waals surface area contributed by atoms with Crippen LogP contribution in [0.4, 0.5) is 0 Å². The van der Waals surface area contributed by atoms with E-state index in [0.29, 0.717) is 0 Å². The second-order valence-electron chi connectivity index (χ2n) is 5.96. The summed E-state index contributed by atoms with van der Waals surface area (Å²) in [5.74, 6) is 0. The highest BCUT2D eigenvalue weighted by Crippen LogP contribution is 2.28. The molecule has 4 nitrogen and oxygen atoms in total. The molecule has 1 fully saturated rings. The number of aromatic nitrogens is 1. The van der Waals surface area contributed by atoms with Crippen LogP contribution < -0.4 is 5.73 Å². The summed E-state index contributed by atoms with van der Waals surface area (Å²) in [6.07, 6.45) is 4.86. The van der Waals surface area contributed by atoms with Gasteiger partial charge in [-0.3, -0.25) is 4.90 Å². The number of nitrogens with two attached hydrogens (primary N) is 1. The largest absolute Gasteiger partial charge is 0.329 e. The third-order valence-corrected chi connectivity index (χ3v) is 5.26. The number of hydrogen-bond donors (Lipinski definition) is 1. The first-order valence-electron chi connectivity index (χ1n) is 7.71. The lowest BCUT2D eigenvalue weighted by atomic mass is 9.88. The van der Waals surface area contributed by atoms with Crippen LogP contribution in [-0.4, -0.2) is 53.5 Å². The van der Waals surface area contributed by atoms with E-state index in [2.05, 4.69) is 34.1 Å². The van der Waals surface area contributed by atoms with E-state index in [1.54, 1.807) is 11.3 Å². The highest BCUT2D eigenvalue weighted by Gasteiger charge is 2.35. The van der Waals surface area contributed by atoms with Crippen molar-refractivity contribution in [2.24, 2.45) is 5.73 Å². The molecule has 2 rings (SSSR count). The van der Waals surface area contributed by atoms with E-state index < -0.39 is 0 Å². The third-order valence-electron chi connectivity index (χ3n) is 4.62. The molecule has 1 aliphatic rings. The van der Waals surface area contributed by atoms with E-state index >= 15 is 0 Å². The zero-order chi connectivity index (χ0) is 14.4. The molecular formula is C15H28N4S. The molecule has 0 saturated carbocycles. The average molecular weight is 296 g/mol. The van der Waals surface area contributed by atoms with Crippen molar-refractivity contribution < 1.29 is 0 Å². The van der Waals surface area contributed by atoms with Crippen molar-refractivity contribution in [1.82, 2.24) is 14.8 Å². The SMILES string of the molecule is CCCN1CCCC(CN)(N(C)Cc2cscn2)CC1. The molecule has 0 bridgehead atoms. The lowest BCUT2D eigenvalue weighted by molar-refractivity contribution is 0.0981. The summed E-state index contributed by atoms with van der Waals surface area (Å²) in [7, 11) is 2.21. The maximum absolute atomic E-state index is 6.18. The van der Waals surface area contributed by atoms with Crippen molar-refractivity contribution >= 4 is 11.3 Å². The predicted molar refractivity (Wildman–Crippen MR) is 85.9 cm³/mol. The maximum Gasteiger partial charge on any atom is 0.0795 e. The summed E-state index contributed by atoms with van der Waals surface area (Å²) in [4.78, 5) is 9.44. The van der Waals surface area contributed by atoms with Gasteiger partial charge in [-0.25, -0.2) is 4.98 Å². The molecule has 1 atom stereocenters. The zero-order valence-corrected chi connectivity index (χ0v) is 13.7. The lowest BCUT2D eigenvalue weighted by Gasteiger charge is -2.40. The minimum Gasteiger partial charge on any atom is -0.329 e. The summed E-state index contributed by atoms with van der Waals surface area (Å²) in [5.41, 5.74) is 9.40. The number of likely N-dealkylation sites (tertiary alicyclic amines) is 1. The molecule has 1 aromatic heterocycles. The fourth-order valence-electron chi connectivity index (χ4n) is 3.24. The minimum atomic E-state index is 0.145. The molecule has 1 saturated heterocycles. The van der Waals surface area contributed by atoms with Crippen molar-refractivity contribution in [1.29, 1.82) is 0 Å². The minimum absolute atomic E-state index is 0.145. The van der Waals surface area contributed by atoms with Crippen LogP contribution in [-0.2, 0) is 6.54 Å². The molecule has 0 spiro atoms. The maximum atomic E-state index is 6.18. The van der Waals surface area contributed by atoms with Gasteiger partial charge in [-0.05, 0) is 52.4 Å². The first-order valence-corrected chi connectivity index (χ1v) is 8.65. The Morgan fingerprint density at radius 1 is 1.45 bits per heavy atom. The Hall–Kier alpha value is -0.490. The van der Waals surface area contributed by atoms with E-state index in [0.717, 1.165) is 13.1 Å². The Balaban J connectivity index is 2.00. The van der Waals surface area contributed by atoms with Crippen LogP contribution in [0.3, 0.4) is 0 Å². The molecule has 1 aromatic rings. The molecule has 2 N–H and O–H groups in total. The topological polar surface area (TPSA) is 45.4 Å². The quantitative estimate of drug-likeness (QED) is 0.874. The molecule has 1 aliphatic heterocycles. The van der Waals surface area contributed by atoms with Crippen LogP contribution >= 0.6 is 11.3 Å². The van der Waals surface area contributed by atoms with Gasteiger partial charge in [-0.1, -0.05) is 6.92 Å². The standard InChI is InChI=1S/C15H28N4S/c1-3-7-19-8-4-5-15(12-16,6-9-19)18(2)10-14-11-20-13-17-14/h11,13H,3-10,12,16H2,1-2H3. The summed E-state index contributed by atoms with van der Waals surface area (Å²) in [6.45, 7) is 7.53. The van der Waals surface area contributed by atoms with Crippen LogP contribution in [0.2, 0.25) is 0 Å². The van der Waals surface area contributed by atoms with Gasteiger partial charge < -0.3 is 10.6 Å². The Morgan fingerprint density at radius 2 is 2.30 bits per heavy atom. The fraction of sp³-hybridized carbons (Fsp3) is 0.800.